The summed E-state index contributed by atoms with van der Waals surface area (Å²) in [6.07, 6.45) is -0.0351. The Morgan fingerprint density at radius 1 is 0.733 bits per heavy atom. The van der Waals surface area contributed by atoms with Gasteiger partial charge in [0.15, 0.2) is 0 Å². The third-order valence-electron chi connectivity index (χ3n) is 4.34. The van der Waals surface area contributed by atoms with Gasteiger partial charge in [0.1, 0.15) is 0 Å². The van der Waals surface area contributed by atoms with Gasteiger partial charge >= 0.3 is 13.7 Å². The molecule has 3 rings (SSSR count). The molecule has 0 unspecified atom stereocenters. The van der Waals surface area contributed by atoms with Crippen LogP contribution in [0.25, 0.3) is 0 Å². The Hall–Kier alpha value is -2.76. The van der Waals surface area contributed by atoms with Crippen LogP contribution < -0.4 is 5.09 Å². The summed E-state index contributed by atoms with van der Waals surface area (Å²) >= 11 is 0. The van der Waals surface area contributed by atoms with Crippen molar-refractivity contribution in [2.24, 2.45) is 0 Å². The highest BCUT2D eigenvalue weighted by Gasteiger charge is 2.24. The molecule has 0 bridgehead atoms. The number of carbonyl (C=O) groups is 1. The average molecular weight is 425 g/mol. The Morgan fingerprint density at radius 3 is 1.67 bits per heavy atom. The van der Waals surface area contributed by atoms with Crippen molar-refractivity contribution in [3.05, 3.63) is 107 Å². The fourth-order valence-electron chi connectivity index (χ4n) is 2.73. The van der Waals surface area contributed by atoms with Crippen LogP contribution in [-0.4, -0.2) is 11.1 Å². The van der Waals surface area contributed by atoms with Crippen LogP contribution in [0.15, 0.2) is 84.9 Å². The van der Waals surface area contributed by atoms with Gasteiger partial charge in [0.25, 0.3) is 0 Å². The Bertz CT molecular complexity index is 930. The predicted molar refractivity (Wildman–Crippen MR) is 115 cm³/mol. The summed E-state index contributed by atoms with van der Waals surface area (Å²) in [7, 11) is -3.59. The van der Waals surface area contributed by atoms with Crippen LogP contribution in [0, 0.1) is 0 Å². The van der Waals surface area contributed by atoms with Crippen LogP contribution >= 0.6 is 7.75 Å². The summed E-state index contributed by atoms with van der Waals surface area (Å²) in [5.41, 5.74) is 3.33. The SMILES string of the molecule is O=C(O)Cc1ccc(CNP(=O)(OCc2ccccc2)OCc2ccccc2)cc1. The standard InChI is InChI=1S/C23H24NO5P/c25-23(26)15-19-11-13-20(14-12-19)16-24-30(27,28-17-21-7-3-1-4-8-21)29-18-22-9-5-2-6-10-22/h1-14H,15-18H2,(H,24,27)(H,25,26). The summed E-state index contributed by atoms with van der Waals surface area (Å²) in [5, 5.41) is 11.8. The zero-order chi connectivity index (χ0) is 21.2. The van der Waals surface area contributed by atoms with Crippen molar-refractivity contribution in [3.63, 3.8) is 0 Å². The maximum Gasteiger partial charge on any atom is 0.406 e. The molecule has 3 aromatic carbocycles. The Balaban J connectivity index is 1.64. The van der Waals surface area contributed by atoms with E-state index in [0.29, 0.717) is 5.56 Å². The zero-order valence-electron chi connectivity index (χ0n) is 16.4. The normalized spacial score (nSPS) is 11.3. The maximum absolute atomic E-state index is 13.3. The first kappa shape index (κ1) is 21.9. The van der Waals surface area contributed by atoms with Crippen LogP contribution in [0.2, 0.25) is 0 Å². The first-order chi connectivity index (χ1) is 14.5. The van der Waals surface area contributed by atoms with E-state index in [0.717, 1.165) is 16.7 Å². The molecule has 0 saturated carbocycles. The molecule has 0 saturated heterocycles. The number of benzene rings is 3. The highest BCUT2D eigenvalue weighted by molar-refractivity contribution is 7.51. The van der Waals surface area contributed by atoms with Gasteiger partial charge in [-0.3, -0.25) is 13.8 Å². The van der Waals surface area contributed by atoms with Crippen LogP contribution in [0.3, 0.4) is 0 Å². The summed E-state index contributed by atoms with van der Waals surface area (Å²) in [6, 6.07) is 26.0. The molecule has 0 aliphatic rings. The van der Waals surface area contributed by atoms with Gasteiger partial charge in [0.05, 0.1) is 19.6 Å². The lowest BCUT2D eigenvalue weighted by Gasteiger charge is -2.20. The number of aliphatic carboxylic acids is 1. The van der Waals surface area contributed by atoms with E-state index in [2.05, 4.69) is 5.09 Å². The van der Waals surface area contributed by atoms with Gasteiger partial charge in [-0.2, -0.15) is 0 Å². The third kappa shape index (κ3) is 7.25. The van der Waals surface area contributed by atoms with E-state index in [1.54, 1.807) is 24.3 Å². The number of hydrogen-bond donors (Lipinski definition) is 2. The Morgan fingerprint density at radius 2 is 1.20 bits per heavy atom. The van der Waals surface area contributed by atoms with E-state index >= 15 is 0 Å². The van der Waals surface area contributed by atoms with Gasteiger partial charge in [0, 0.05) is 6.54 Å². The molecule has 0 spiro atoms. The molecule has 0 aromatic heterocycles. The van der Waals surface area contributed by atoms with E-state index in [4.69, 9.17) is 14.2 Å². The lowest BCUT2D eigenvalue weighted by atomic mass is 10.1. The van der Waals surface area contributed by atoms with E-state index in [9.17, 15) is 9.36 Å². The first-order valence-electron chi connectivity index (χ1n) is 9.54. The monoisotopic (exact) mass is 425 g/mol. The van der Waals surface area contributed by atoms with Crippen molar-refractivity contribution >= 4 is 13.7 Å². The molecule has 0 amide bonds. The van der Waals surface area contributed by atoms with Crippen molar-refractivity contribution in [2.45, 2.75) is 26.2 Å². The molecular weight excluding hydrogens is 401 g/mol. The lowest BCUT2D eigenvalue weighted by Crippen LogP contribution is -2.15. The maximum atomic E-state index is 13.3. The van der Waals surface area contributed by atoms with Gasteiger partial charge < -0.3 is 5.11 Å². The first-order valence-corrected chi connectivity index (χ1v) is 11.1. The molecule has 0 radical (unpaired) electrons. The lowest BCUT2D eigenvalue weighted by molar-refractivity contribution is -0.136. The Kier molecular flexibility index (Phi) is 7.94. The molecule has 156 valence electrons. The second-order valence-electron chi connectivity index (χ2n) is 6.74. The molecule has 6 nitrogen and oxygen atoms in total. The quantitative estimate of drug-likeness (QED) is 0.423. The van der Waals surface area contributed by atoms with Gasteiger partial charge in [-0.05, 0) is 22.3 Å². The fourth-order valence-corrected chi connectivity index (χ4v) is 4.01. The summed E-state index contributed by atoms with van der Waals surface area (Å²) in [6.45, 7) is 0.559. The van der Waals surface area contributed by atoms with E-state index in [-0.39, 0.29) is 26.2 Å². The van der Waals surface area contributed by atoms with Gasteiger partial charge in [-0.25, -0.2) is 9.65 Å². The zero-order valence-corrected chi connectivity index (χ0v) is 17.3. The third-order valence-corrected chi connectivity index (χ3v) is 5.83. The number of nitrogens with one attached hydrogen (secondary N) is 1. The fraction of sp³-hybridized carbons (Fsp3) is 0.174. The number of rotatable bonds is 11. The van der Waals surface area contributed by atoms with Gasteiger partial charge in [0.2, 0.25) is 0 Å². The van der Waals surface area contributed by atoms with Crippen LogP contribution in [-0.2, 0) is 44.6 Å². The van der Waals surface area contributed by atoms with E-state index in [1.807, 2.05) is 60.7 Å². The number of hydrogen-bond acceptors (Lipinski definition) is 4. The number of carboxylic acid groups (broad SMARTS) is 1. The van der Waals surface area contributed by atoms with E-state index < -0.39 is 13.7 Å². The van der Waals surface area contributed by atoms with Crippen LogP contribution in [0.1, 0.15) is 22.3 Å². The molecule has 0 aliphatic carbocycles. The van der Waals surface area contributed by atoms with Crippen molar-refractivity contribution in [2.75, 3.05) is 0 Å². The largest absolute Gasteiger partial charge is 0.481 e. The van der Waals surface area contributed by atoms with Crippen molar-refractivity contribution in [1.29, 1.82) is 0 Å². The van der Waals surface area contributed by atoms with Crippen LogP contribution in [0.4, 0.5) is 0 Å². The summed E-state index contributed by atoms with van der Waals surface area (Å²) in [4.78, 5) is 10.8. The number of carboxylic acids is 1. The molecule has 0 heterocycles. The highest BCUT2D eigenvalue weighted by Crippen LogP contribution is 2.45. The smallest absolute Gasteiger partial charge is 0.406 e. The minimum Gasteiger partial charge on any atom is -0.481 e. The average Bonchev–Trinajstić information content (AvgIpc) is 2.77. The van der Waals surface area contributed by atoms with E-state index in [1.165, 1.54) is 0 Å². The second kappa shape index (κ2) is 10.9. The molecule has 7 heteroatoms. The summed E-state index contributed by atoms with van der Waals surface area (Å²) in [5.74, 6) is -0.881. The molecule has 30 heavy (non-hydrogen) atoms. The van der Waals surface area contributed by atoms with Gasteiger partial charge in [-0.1, -0.05) is 84.9 Å². The minimum absolute atomic E-state index is 0.0351. The molecule has 0 fully saturated rings. The molecule has 0 aliphatic heterocycles. The topological polar surface area (TPSA) is 84.9 Å². The molecule has 0 atom stereocenters. The molecule has 3 aromatic rings. The van der Waals surface area contributed by atoms with Gasteiger partial charge in [-0.15, -0.1) is 0 Å². The Labute approximate surface area is 176 Å². The highest BCUT2D eigenvalue weighted by atomic mass is 31.2. The predicted octanol–water partition coefficient (Wildman–Crippen LogP) is 4.95. The van der Waals surface area contributed by atoms with Crippen LogP contribution in [0.5, 0.6) is 0 Å². The molecular formula is C23H24NO5P. The van der Waals surface area contributed by atoms with Crippen molar-refractivity contribution in [3.8, 4) is 0 Å². The van der Waals surface area contributed by atoms with Crippen molar-refractivity contribution in [1.82, 2.24) is 5.09 Å². The summed E-state index contributed by atoms with van der Waals surface area (Å²) < 4.78 is 24.7. The molecule has 2 N–H and O–H groups in total. The second-order valence-corrected chi connectivity index (χ2v) is 8.57. The van der Waals surface area contributed by atoms with Crippen molar-refractivity contribution < 1.29 is 23.5 Å². The minimum atomic E-state index is -3.59.